The minimum absolute atomic E-state index is 0.0409. The summed E-state index contributed by atoms with van der Waals surface area (Å²) in [7, 11) is 1.60. The summed E-state index contributed by atoms with van der Waals surface area (Å²) >= 11 is 0. The number of amides is 2. The molecule has 7 nitrogen and oxygen atoms in total. The Hall–Kier alpha value is -2.57. The average Bonchev–Trinajstić information content (AvgIpc) is 3.18. The zero-order valence-electron chi connectivity index (χ0n) is 15.1. The van der Waals surface area contributed by atoms with Crippen LogP contribution in [0.5, 0.6) is 5.75 Å². The molecule has 2 aliphatic heterocycles. The highest BCUT2D eigenvalue weighted by atomic mass is 16.5. The van der Waals surface area contributed by atoms with Crippen molar-refractivity contribution in [3.05, 3.63) is 29.8 Å². The van der Waals surface area contributed by atoms with Gasteiger partial charge in [-0.3, -0.25) is 14.4 Å². The van der Waals surface area contributed by atoms with Crippen LogP contribution in [0.4, 0.5) is 0 Å². The fourth-order valence-electron chi connectivity index (χ4n) is 3.86. The van der Waals surface area contributed by atoms with Gasteiger partial charge in [0.25, 0.3) is 0 Å². The van der Waals surface area contributed by atoms with Crippen LogP contribution in [0.15, 0.2) is 24.3 Å². The van der Waals surface area contributed by atoms with Crippen LogP contribution < -0.4 is 4.74 Å². The van der Waals surface area contributed by atoms with Crippen LogP contribution in [0.2, 0.25) is 0 Å². The van der Waals surface area contributed by atoms with E-state index in [1.54, 1.807) is 23.8 Å². The van der Waals surface area contributed by atoms with Crippen molar-refractivity contribution in [1.29, 1.82) is 0 Å². The van der Waals surface area contributed by atoms with Crippen molar-refractivity contribution >= 4 is 17.8 Å². The summed E-state index contributed by atoms with van der Waals surface area (Å²) in [6.45, 7) is 3.06. The van der Waals surface area contributed by atoms with Gasteiger partial charge in [0.2, 0.25) is 11.8 Å². The van der Waals surface area contributed by atoms with Crippen LogP contribution in [0.3, 0.4) is 0 Å². The summed E-state index contributed by atoms with van der Waals surface area (Å²) in [6.07, 6.45) is 0.661. The largest absolute Gasteiger partial charge is 0.497 e. The molecule has 140 valence electrons. The van der Waals surface area contributed by atoms with Gasteiger partial charge in [-0.15, -0.1) is 0 Å². The van der Waals surface area contributed by atoms with Gasteiger partial charge in [0.1, 0.15) is 5.75 Å². The topological polar surface area (TPSA) is 87.2 Å². The molecule has 2 aliphatic rings. The first-order valence-electron chi connectivity index (χ1n) is 8.84. The smallest absolute Gasteiger partial charge is 0.308 e. The molecule has 26 heavy (non-hydrogen) atoms. The van der Waals surface area contributed by atoms with Gasteiger partial charge in [0.05, 0.1) is 18.9 Å². The lowest BCUT2D eigenvalue weighted by atomic mass is 10.0. The number of aliphatic carboxylic acids is 1. The Labute approximate surface area is 152 Å². The predicted octanol–water partition coefficient (Wildman–Crippen LogP) is 1.37. The third kappa shape index (κ3) is 3.52. The molecule has 0 spiro atoms. The van der Waals surface area contributed by atoms with E-state index in [2.05, 4.69) is 0 Å². The first-order chi connectivity index (χ1) is 12.4. The normalized spacial score (nSPS) is 25.6. The van der Waals surface area contributed by atoms with Crippen LogP contribution in [-0.4, -0.2) is 58.9 Å². The number of hydrogen-bond donors (Lipinski definition) is 1. The standard InChI is InChI=1S/C19H24N2O5/c1-12-16(19(24)25)7-8-21(12)18(23)14-9-17(22)20(11-14)10-13-3-5-15(26-2)6-4-13/h3-6,12,14,16H,7-11H2,1-2H3,(H,24,25). The molecule has 2 fully saturated rings. The van der Waals surface area contributed by atoms with Crippen molar-refractivity contribution in [3.63, 3.8) is 0 Å². The molecule has 3 rings (SSSR count). The summed E-state index contributed by atoms with van der Waals surface area (Å²) in [5, 5.41) is 9.22. The number of methoxy groups -OCH3 is 1. The summed E-state index contributed by atoms with van der Waals surface area (Å²) in [5.41, 5.74) is 0.979. The van der Waals surface area contributed by atoms with Gasteiger partial charge in [0, 0.05) is 32.1 Å². The fraction of sp³-hybridized carbons (Fsp3) is 0.526. The Bertz CT molecular complexity index is 702. The van der Waals surface area contributed by atoms with E-state index in [-0.39, 0.29) is 24.3 Å². The van der Waals surface area contributed by atoms with Gasteiger partial charge in [-0.25, -0.2) is 0 Å². The lowest BCUT2D eigenvalue weighted by molar-refractivity contribution is -0.143. The number of carboxylic acids is 1. The van der Waals surface area contributed by atoms with Gasteiger partial charge in [-0.2, -0.15) is 0 Å². The van der Waals surface area contributed by atoms with Crippen molar-refractivity contribution in [2.45, 2.75) is 32.4 Å². The number of carbonyl (C=O) groups excluding carboxylic acids is 2. The summed E-state index contributed by atoms with van der Waals surface area (Å²) < 4.78 is 5.13. The van der Waals surface area contributed by atoms with Gasteiger partial charge in [0.15, 0.2) is 0 Å². The monoisotopic (exact) mass is 360 g/mol. The first kappa shape index (κ1) is 18.2. The molecule has 1 aromatic carbocycles. The SMILES string of the molecule is COc1ccc(CN2CC(C(=O)N3CCC(C(=O)O)C3C)CC2=O)cc1. The molecule has 7 heteroatoms. The molecule has 3 unspecified atom stereocenters. The number of hydrogen-bond acceptors (Lipinski definition) is 4. The maximum Gasteiger partial charge on any atom is 0.308 e. The zero-order chi connectivity index (χ0) is 18.8. The highest BCUT2D eigenvalue weighted by Crippen LogP contribution is 2.29. The van der Waals surface area contributed by atoms with E-state index < -0.39 is 17.8 Å². The molecule has 3 atom stereocenters. The van der Waals surface area contributed by atoms with Crippen molar-refractivity contribution in [3.8, 4) is 5.75 Å². The summed E-state index contributed by atoms with van der Waals surface area (Å²) in [4.78, 5) is 39.7. The summed E-state index contributed by atoms with van der Waals surface area (Å²) in [6, 6.07) is 7.17. The third-order valence-electron chi connectivity index (χ3n) is 5.45. The van der Waals surface area contributed by atoms with Crippen molar-refractivity contribution in [1.82, 2.24) is 9.80 Å². The first-order valence-corrected chi connectivity index (χ1v) is 8.84. The molecule has 0 bridgehead atoms. The molecule has 0 aromatic heterocycles. The lowest BCUT2D eigenvalue weighted by Gasteiger charge is -2.26. The highest BCUT2D eigenvalue weighted by molar-refractivity contribution is 5.90. The number of nitrogens with zero attached hydrogens (tertiary/aromatic N) is 2. The van der Waals surface area contributed by atoms with Gasteiger partial charge in [-0.1, -0.05) is 12.1 Å². The maximum atomic E-state index is 12.8. The second-order valence-electron chi connectivity index (χ2n) is 7.03. The molecular weight excluding hydrogens is 336 g/mol. The minimum atomic E-state index is -0.864. The molecular formula is C19H24N2O5. The molecule has 2 heterocycles. The Kier molecular flexibility index (Phi) is 5.15. The molecule has 1 N–H and O–H groups in total. The Morgan fingerprint density at radius 3 is 2.54 bits per heavy atom. The van der Waals surface area contributed by atoms with E-state index >= 15 is 0 Å². The number of benzene rings is 1. The second-order valence-corrected chi connectivity index (χ2v) is 7.03. The molecule has 1 aromatic rings. The van der Waals surface area contributed by atoms with E-state index in [1.165, 1.54) is 0 Å². The number of likely N-dealkylation sites (tertiary alicyclic amines) is 2. The van der Waals surface area contributed by atoms with Crippen LogP contribution in [0, 0.1) is 11.8 Å². The molecule has 2 amide bonds. The molecule has 0 radical (unpaired) electrons. The Morgan fingerprint density at radius 2 is 1.96 bits per heavy atom. The van der Waals surface area contributed by atoms with Crippen molar-refractivity contribution < 1.29 is 24.2 Å². The van der Waals surface area contributed by atoms with Gasteiger partial charge >= 0.3 is 5.97 Å². The molecule has 2 saturated heterocycles. The molecule has 0 aliphatic carbocycles. The Morgan fingerprint density at radius 1 is 1.27 bits per heavy atom. The van der Waals surface area contributed by atoms with Crippen LogP contribution >= 0.6 is 0 Å². The van der Waals surface area contributed by atoms with E-state index in [9.17, 15) is 19.5 Å². The average molecular weight is 360 g/mol. The van der Waals surface area contributed by atoms with E-state index in [0.717, 1.165) is 11.3 Å². The fourth-order valence-corrected chi connectivity index (χ4v) is 3.86. The lowest BCUT2D eigenvalue weighted by Crippen LogP contribution is -2.41. The highest BCUT2D eigenvalue weighted by Gasteiger charge is 2.43. The quantitative estimate of drug-likeness (QED) is 0.857. The number of carboxylic acid groups (broad SMARTS) is 1. The minimum Gasteiger partial charge on any atom is -0.497 e. The number of rotatable bonds is 5. The van der Waals surface area contributed by atoms with Gasteiger partial charge < -0.3 is 19.6 Å². The number of ether oxygens (including phenoxy) is 1. The summed E-state index contributed by atoms with van der Waals surface area (Å²) in [5.74, 6) is -1.17. The van der Waals surface area contributed by atoms with Crippen LogP contribution in [0.1, 0.15) is 25.3 Å². The van der Waals surface area contributed by atoms with Crippen LogP contribution in [0.25, 0.3) is 0 Å². The van der Waals surface area contributed by atoms with E-state index in [0.29, 0.717) is 26.1 Å². The van der Waals surface area contributed by atoms with Gasteiger partial charge in [-0.05, 0) is 31.0 Å². The maximum absolute atomic E-state index is 12.8. The van der Waals surface area contributed by atoms with Crippen molar-refractivity contribution in [2.75, 3.05) is 20.2 Å². The van der Waals surface area contributed by atoms with Crippen molar-refractivity contribution in [2.24, 2.45) is 11.8 Å². The zero-order valence-corrected chi connectivity index (χ0v) is 15.1. The van der Waals surface area contributed by atoms with E-state index in [1.807, 2.05) is 24.3 Å². The second kappa shape index (κ2) is 7.35. The van der Waals surface area contributed by atoms with E-state index in [4.69, 9.17) is 4.74 Å². The number of carbonyl (C=O) groups is 3. The van der Waals surface area contributed by atoms with Crippen LogP contribution in [-0.2, 0) is 20.9 Å². The third-order valence-corrected chi connectivity index (χ3v) is 5.45. The Balaban J connectivity index is 1.62. The predicted molar refractivity (Wildman–Crippen MR) is 93.4 cm³/mol. The molecule has 0 saturated carbocycles.